The number of nitrogens with zero attached hydrogens (tertiary/aromatic N) is 1. The number of carbonyl (C=O) groups is 2. The van der Waals surface area contributed by atoms with Gasteiger partial charge in [-0.1, -0.05) is 6.42 Å². The molecule has 0 aromatic rings. The quantitative estimate of drug-likeness (QED) is 0.659. The van der Waals surface area contributed by atoms with Gasteiger partial charge < -0.3 is 20.1 Å². The van der Waals surface area contributed by atoms with E-state index < -0.39 is 11.9 Å². The molecule has 2 N–H and O–H groups in total. The Bertz CT molecular complexity index is 309. The maximum Gasteiger partial charge on any atom is 0.307 e. The lowest BCUT2D eigenvalue weighted by Gasteiger charge is -2.19. The van der Waals surface area contributed by atoms with Crippen molar-refractivity contribution in [1.82, 2.24) is 10.2 Å². The van der Waals surface area contributed by atoms with Crippen molar-refractivity contribution < 1.29 is 19.4 Å². The first-order valence-electron chi connectivity index (χ1n) is 6.74. The van der Waals surface area contributed by atoms with Crippen LogP contribution in [-0.2, 0) is 14.3 Å². The first kappa shape index (κ1) is 15.9. The van der Waals surface area contributed by atoms with Crippen LogP contribution in [0.2, 0.25) is 0 Å². The van der Waals surface area contributed by atoms with Gasteiger partial charge in [0.2, 0.25) is 5.91 Å². The van der Waals surface area contributed by atoms with Gasteiger partial charge in [0.05, 0.1) is 18.4 Å². The number of likely N-dealkylation sites (N-methyl/N-ethyl adjacent to an activating group) is 1. The van der Waals surface area contributed by atoms with E-state index in [2.05, 4.69) is 10.2 Å². The van der Waals surface area contributed by atoms with Crippen LogP contribution in [0, 0.1) is 11.8 Å². The predicted octanol–water partition coefficient (Wildman–Crippen LogP) is 0.182. The molecule has 110 valence electrons. The van der Waals surface area contributed by atoms with Crippen molar-refractivity contribution >= 4 is 11.9 Å². The van der Waals surface area contributed by atoms with Crippen LogP contribution in [-0.4, -0.2) is 62.3 Å². The van der Waals surface area contributed by atoms with Crippen LogP contribution in [0.4, 0.5) is 0 Å². The Morgan fingerprint density at radius 2 is 2.00 bits per heavy atom. The van der Waals surface area contributed by atoms with Crippen molar-refractivity contribution in [2.45, 2.75) is 19.3 Å². The van der Waals surface area contributed by atoms with Gasteiger partial charge in [-0.05, 0) is 19.9 Å². The number of amides is 1. The zero-order chi connectivity index (χ0) is 14.3. The molecule has 0 aromatic carbocycles. The van der Waals surface area contributed by atoms with E-state index >= 15 is 0 Å². The summed E-state index contributed by atoms with van der Waals surface area (Å²) in [6, 6.07) is 0. The van der Waals surface area contributed by atoms with Crippen LogP contribution in [0.1, 0.15) is 19.3 Å². The van der Waals surface area contributed by atoms with Gasteiger partial charge in [0.1, 0.15) is 0 Å². The predicted molar refractivity (Wildman–Crippen MR) is 70.8 cm³/mol. The summed E-state index contributed by atoms with van der Waals surface area (Å²) in [4.78, 5) is 25.0. The Hall–Kier alpha value is -1.14. The Morgan fingerprint density at radius 1 is 1.32 bits per heavy atom. The molecular formula is C13H24N2O4. The van der Waals surface area contributed by atoms with Crippen molar-refractivity contribution in [3.8, 4) is 0 Å². The minimum Gasteiger partial charge on any atom is -0.481 e. The molecule has 0 spiro atoms. The lowest BCUT2D eigenvalue weighted by atomic mass is 9.95. The second kappa shape index (κ2) is 8.12. The fourth-order valence-electron chi connectivity index (χ4n) is 2.43. The van der Waals surface area contributed by atoms with Crippen LogP contribution in [0.15, 0.2) is 0 Å². The zero-order valence-corrected chi connectivity index (χ0v) is 11.7. The van der Waals surface area contributed by atoms with Crippen molar-refractivity contribution in [3.05, 3.63) is 0 Å². The van der Waals surface area contributed by atoms with Gasteiger partial charge in [-0.25, -0.2) is 0 Å². The summed E-state index contributed by atoms with van der Waals surface area (Å²) in [6.45, 7) is 2.75. The topological polar surface area (TPSA) is 78.9 Å². The third-order valence-corrected chi connectivity index (χ3v) is 3.64. The average molecular weight is 272 g/mol. The number of hydrogen-bond donors (Lipinski definition) is 2. The molecule has 0 aliphatic heterocycles. The minimum atomic E-state index is -0.852. The van der Waals surface area contributed by atoms with E-state index in [0.717, 1.165) is 19.5 Å². The maximum absolute atomic E-state index is 11.9. The number of carboxylic acid groups (broad SMARTS) is 1. The molecule has 1 aliphatic carbocycles. The highest BCUT2D eigenvalue weighted by Crippen LogP contribution is 2.31. The van der Waals surface area contributed by atoms with Crippen LogP contribution in [0.3, 0.4) is 0 Å². The largest absolute Gasteiger partial charge is 0.481 e. The van der Waals surface area contributed by atoms with Gasteiger partial charge >= 0.3 is 5.97 Å². The molecule has 0 radical (unpaired) electrons. The Kier molecular flexibility index (Phi) is 6.80. The molecule has 1 rings (SSSR count). The Balaban J connectivity index is 2.25. The molecule has 6 nitrogen and oxygen atoms in total. The third-order valence-electron chi connectivity index (χ3n) is 3.64. The van der Waals surface area contributed by atoms with Crippen molar-refractivity contribution in [3.63, 3.8) is 0 Å². The lowest BCUT2D eigenvalue weighted by molar-refractivity contribution is -0.146. The molecule has 6 heteroatoms. The maximum atomic E-state index is 11.9. The molecule has 0 heterocycles. The molecular weight excluding hydrogens is 248 g/mol. The van der Waals surface area contributed by atoms with E-state index in [4.69, 9.17) is 9.84 Å². The number of ether oxygens (including phenoxy) is 1. The van der Waals surface area contributed by atoms with Crippen LogP contribution < -0.4 is 5.32 Å². The van der Waals surface area contributed by atoms with E-state index in [0.29, 0.717) is 26.0 Å². The summed E-state index contributed by atoms with van der Waals surface area (Å²) < 4.78 is 4.97. The molecule has 1 saturated carbocycles. The van der Waals surface area contributed by atoms with E-state index in [1.807, 2.05) is 7.05 Å². The van der Waals surface area contributed by atoms with Crippen LogP contribution in [0.25, 0.3) is 0 Å². The van der Waals surface area contributed by atoms with E-state index in [9.17, 15) is 9.59 Å². The molecule has 0 bridgehead atoms. The zero-order valence-electron chi connectivity index (χ0n) is 11.7. The van der Waals surface area contributed by atoms with E-state index in [1.165, 1.54) is 0 Å². The average Bonchev–Trinajstić information content (AvgIpc) is 2.85. The van der Waals surface area contributed by atoms with Gasteiger partial charge in [-0.2, -0.15) is 0 Å². The van der Waals surface area contributed by atoms with Crippen LogP contribution >= 0.6 is 0 Å². The first-order chi connectivity index (χ1) is 9.06. The van der Waals surface area contributed by atoms with E-state index in [1.54, 1.807) is 7.11 Å². The second-order valence-corrected chi connectivity index (χ2v) is 5.07. The number of rotatable bonds is 8. The monoisotopic (exact) mass is 272 g/mol. The summed E-state index contributed by atoms with van der Waals surface area (Å²) >= 11 is 0. The summed E-state index contributed by atoms with van der Waals surface area (Å²) in [7, 11) is 3.61. The molecule has 1 amide bonds. The normalized spacial score (nSPS) is 22.7. The summed E-state index contributed by atoms with van der Waals surface area (Å²) in [5.41, 5.74) is 0. The number of carbonyl (C=O) groups excluding carboxylic acids is 1. The number of carboxylic acids is 1. The number of methoxy groups -OCH3 is 1. The molecule has 1 fully saturated rings. The number of aliphatic carboxylic acids is 1. The number of nitrogens with one attached hydrogen (secondary N) is 1. The third kappa shape index (κ3) is 5.16. The molecule has 0 unspecified atom stereocenters. The van der Waals surface area contributed by atoms with Crippen LogP contribution in [0.5, 0.6) is 0 Å². The first-order valence-corrected chi connectivity index (χ1v) is 6.74. The highest BCUT2D eigenvalue weighted by Gasteiger charge is 2.37. The van der Waals surface area contributed by atoms with Gasteiger partial charge in [0.15, 0.2) is 0 Å². The van der Waals surface area contributed by atoms with Gasteiger partial charge in [0, 0.05) is 26.7 Å². The molecule has 0 saturated heterocycles. The summed E-state index contributed by atoms with van der Waals surface area (Å²) in [5, 5.41) is 11.9. The van der Waals surface area contributed by atoms with Gasteiger partial charge in [-0.15, -0.1) is 0 Å². The molecule has 19 heavy (non-hydrogen) atoms. The molecule has 2 atom stereocenters. The number of hydrogen-bond acceptors (Lipinski definition) is 4. The Labute approximate surface area is 114 Å². The molecule has 1 aliphatic rings. The fourth-order valence-corrected chi connectivity index (χ4v) is 2.43. The summed E-state index contributed by atoms with van der Waals surface area (Å²) in [6.07, 6.45) is 2.12. The fraction of sp³-hybridized carbons (Fsp3) is 0.846. The lowest BCUT2D eigenvalue weighted by Crippen LogP contribution is -2.39. The highest BCUT2D eigenvalue weighted by molar-refractivity contribution is 5.85. The summed E-state index contributed by atoms with van der Waals surface area (Å²) in [5.74, 6) is -1.84. The van der Waals surface area contributed by atoms with Gasteiger partial charge in [-0.3, -0.25) is 9.59 Å². The van der Waals surface area contributed by atoms with Crippen molar-refractivity contribution in [2.75, 3.05) is 40.4 Å². The smallest absolute Gasteiger partial charge is 0.307 e. The van der Waals surface area contributed by atoms with Gasteiger partial charge in [0.25, 0.3) is 0 Å². The second-order valence-electron chi connectivity index (χ2n) is 5.07. The SMILES string of the molecule is COCCN(C)CCNC(=O)[C@@H]1CCC[C@@H]1C(=O)O. The van der Waals surface area contributed by atoms with Crippen molar-refractivity contribution in [2.24, 2.45) is 11.8 Å². The highest BCUT2D eigenvalue weighted by atomic mass is 16.5. The van der Waals surface area contributed by atoms with Crippen molar-refractivity contribution in [1.29, 1.82) is 0 Å². The standard InChI is InChI=1S/C13H24N2O4/c1-15(8-9-19-2)7-6-14-12(16)10-4-3-5-11(10)13(17)18/h10-11H,3-9H2,1-2H3,(H,14,16)(H,17,18)/t10-,11+/m1/s1. The minimum absolute atomic E-state index is 0.120. The Morgan fingerprint density at radius 3 is 2.63 bits per heavy atom. The van der Waals surface area contributed by atoms with E-state index in [-0.39, 0.29) is 11.8 Å². The molecule has 0 aromatic heterocycles.